The van der Waals surface area contributed by atoms with Gasteiger partial charge in [-0.05, 0) is 42.0 Å². The number of thioether (sulfide) groups is 1. The Morgan fingerprint density at radius 3 is 2.92 bits per heavy atom. The quantitative estimate of drug-likeness (QED) is 0.616. The maximum Gasteiger partial charge on any atom is 0.191 e. The molecule has 0 spiro atoms. The number of rotatable bonds is 6. The van der Waals surface area contributed by atoms with Gasteiger partial charge in [0, 0.05) is 23.1 Å². The lowest BCUT2D eigenvalue weighted by Gasteiger charge is -2.08. The van der Waals surface area contributed by atoms with Gasteiger partial charge in [0.15, 0.2) is 5.16 Å². The molecule has 1 fully saturated rings. The Bertz CT molecular complexity index is 873. The molecule has 4 rings (SSSR count). The van der Waals surface area contributed by atoms with Gasteiger partial charge >= 0.3 is 0 Å². The molecule has 4 nitrogen and oxygen atoms in total. The predicted molar refractivity (Wildman–Crippen MR) is 96.1 cm³/mol. The first-order valence-electron chi connectivity index (χ1n) is 7.91. The summed E-state index contributed by atoms with van der Waals surface area (Å²) >= 11 is 3.47. The highest BCUT2D eigenvalue weighted by Gasteiger charge is 2.29. The number of nitrogens with zero attached hydrogens (tertiary/aromatic N) is 4. The van der Waals surface area contributed by atoms with Crippen LogP contribution < -0.4 is 0 Å². The molecule has 2 heterocycles. The van der Waals surface area contributed by atoms with Crippen molar-refractivity contribution in [2.45, 2.75) is 36.2 Å². The molecule has 3 aromatic rings. The van der Waals surface area contributed by atoms with Gasteiger partial charge in [-0.25, -0.2) is 0 Å². The molecule has 1 aliphatic rings. The van der Waals surface area contributed by atoms with E-state index in [0.717, 1.165) is 28.7 Å². The molecule has 1 saturated carbocycles. The lowest BCUT2D eigenvalue weighted by molar-refractivity contribution is 0.635. The first-order chi connectivity index (χ1) is 11.8. The number of aromatic nitrogens is 3. The van der Waals surface area contributed by atoms with E-state index >= 15 is 0 Å². The van der Waals surface area contributed by atoms with Crippen LogP contribution >= 0.6 is 23.1 Å². The fraction of sp³-hybridized carbons (Fsp3) is 0.278. The summed E-state index contributed by atoms with van der Waals surface area (Å²) < 4.78 is 2.32. The Hall–Kier alpha value is -2.10. The second-order valence-electron chi connectivity index (χ2n) is 5.86. The zero-order chi connectivity index (χ0) is 16.4. The molecule has 6 heteroatoms. The van der Waals surface area contributed by atoms with Crippen LogP contribution in [0.5, 0.6) is 0 Å². The van der Waals surface area contributed by atoms with E-state index in [4.69, 9.17) is 5.26 Å². The highest BCUT2D eigenvalue weighted by Crippen LogP contribution is 2.39. The molecule has 0 radical (unpaired) electrons. The van der Waals surface area contributed by atoms with Crippen molar-refractivity contribution in [2.75, 3.05) is 0 Å². The highest BCUT2D eigenvalue weighted by molar-refractivity contribution is 7.98. The van der Waals surface area contributed by atoms with Gasteiger partial charge in [-0.1, -0.05) is 30.0 Å². The summed E-state index contributed by atoms with van der Waals surface area (Å²) in [4.78, 5) is 1.32. The van der Waals surface area contributed by atoms with Gasteiger partial charge in [0.05, 0.1) is 11.6 Å². The monoisotopic (exact) mass is 352 g/mol. The summed E-state index contributed by atoms with van der Waals surface area (Å²) in [5.74, 6) is 1.87. The van der Waals surface area contributed by atoms with E-state index in [0.29, 0.717) is 11.6 Å². The normalized spacial score (nSPS) is 13.8. The third-order valence-corrected chi connectivity index (χ3v) is 5.87. The average molecular weight is 352 g/mol. The molecule has 0 bridgehead atoms. The minimum Gasteiger partial charge on any atom is -0.303 e. The van der Waals surface area contributed by atoms with Crippen LogP contribution in [0, 0.1) is 11.3 Å². The smallest absolute Gasteiger partial charge is 0.191 e. The van der Waals surface area contributed by atoms with E-state index in [2.05, 4.69) is 44.4 Å². The summed E-state index contributed by atoms with van der Waals surface area (Å²) in [5.41, 5.74) is 1.85. The van der Waals surface area contributed by atoms with Crippen molar-refractivity contribution in [3.63, 3.8) is 0 Å². The lowest BCUT2D eigenvalue weighted by Crippen LogP contribution is -2.03. The topological polar surface area (TPSA) is 54.5 Å². The first kappa shape index (κ1) is 15.4. The van der Waals surface area contributed by atoms with Gasteiger partial charge < -0.3 is 4.57 Å². The summed E-state index contributed by atoms with van der Waals surface area (Å²) in [6.45, 7) is 0. The van der Waals surface area contributed by atoms with Crippen LogP contribution in [0.15, 0.2) is 46.9 Å². The zero-order valence-corrected chi connectivity index (χ0v) is 14.7. The van der Waals surface area contributed by atoms with Crippen LogP contribution in [-0.2, 0) is 12.2 Å². The van der Waals surface area contributed by atoms with Gasteiger partial charge in [0.25, 0.3) is 0 Å². The summed E-state index contributed by atoms with van der Waals surface area (Å²) in [6.07, 6.45) is 3.28. The van der Waals surface area contributed by atoms with Crippen molar-refractivity contribution in [3.05, 3.63) is 63.6 Å². The SMILES string of the molecule is N#Cc1cccc(CSc2nnc(Cc3cccs3)n2C2CC2)c1. The van der Waals surface area contributed by atoms with Gasteiger partial charge in [-0.2, -0.15) is 5.26 Å². The van der Waals surface area contributed by atoms with E-state index in [-0.39, 0.29) is 0 Å². The fourth-order valence-electron chi connectivity index (χ4n) is 2.67. The molecule has 0 aliphatic heterocycles. The molecule has 0 unspecified atom stereocenters. The van der Waals surface area contributed by atoms with Crippen LogP contribution in [0.3, 0.4) is 0 Å². The maximum atomic E-state index is 9.02. The largest absolute Gasteiger partial charge is 0.303 e. The molecule has 2 aromatic heterocycles. The van der Waals surface area contributed by atoms with Crippen molar-refractivity contribution < 1.29 is 0 Å². The first-order valence-corrected chi connectivity index (χ1v) is 9.78. The second kappa shape index (κ2) is 6.80. The van der Waals surface area contributed by atoms with E-state index < -0.39 is 0 Å². The van der Waals surface area contributed by atoms with Crippen molar-refractivity contribution >= 4 is 23.1 Å². The second-order valence-corrected chi connectivity index (χ2v) is 7.83. The number of benzene rings is 1. The minimum absolute atomic E-state index is 0.558. The Morgan fingerprint density at radius 1 is 1.25 bits per heavy atom. The van der Waals surface area contributed by atoms with Crippen molar-refractivity contribution in [3.8, 4) is 6.07 Å². The number of hydrogen-bond donors (Lipinski definition) is 0. The third-order valence-electron chi connectivity index (χ3n) is 3.98. The molecule has 0 atom stereocenters. The van der Waals surface area contributed by atoms with Crippen molar-refractivity contribution in [1.82, 2.24) is 14.8 Å². The number of hydrogen-bond acceptors (Lipinski definition) is 5. The van der Waals surface area contributed by atoms with E-state index in [1.807, 2.05) is 18.2 Å². The molecular formula is C18H16N4S2. The number of nitriles is 1. The predicted octanol–water partition coefficient (Wildman–Crippen LogP) is 4.43. The molecule has 0 amide bonds. The Labute approximate surface area is 149 Å². The van der Waals surface area contributed by atoms with Crippen molar-refractivity contribution in [2.24, 2.45) is 0 Å². The standard InChI is InChI=1S/C18H16N4S2/c19-11-13-3-1-4-14(9-13)12-24-18-21-20-17(22(18)15-6-7-15)10-16-5-2-8-23-16/h1-5,8-9,15H,6-7,10,12H2. The fourth-order valence-corrected chi connectivity index (χ4v) is 4.34. The van der Waals surface area contributed by atoms with Crippen molar-refractivity contribution in [1.29, 1.82) is 5.26 Å². The zero-order valence-electron chi connectivity index (χ0n) is 13.1. The number of thiophene rings is 1. The van der Waals surface area contributed by atoms with Crippen LogP contribution in [-0.4, -0.2) is 14.8 Å². The highest BCUT2D eigenvalue weighted by atomic mass is 32.2. The van der Waals surface area contributed by atoms with Crippen LogP contribution in [0.25, 0.3) is 0 Å². The average Bonchev–Trinajstić information content (AvgIpc) is 3.16. The van der Waals surface area contributed by atoms with Crippen LogP contribution in [0.2, 0.25) is 0 Å². The molecule has 24 heavy (non-hydrogen) atoms. The van der Waals surface area contributed by atoms with E-state index in [1.165, 1.54) is 17.7 Å². The van der Waals surface area contributed by atoms with Crippen LogP contribution in [0.4, 0.5) is 0 Å². The summed E-state index contributed by atoms with van der Waals surface area (Å²) in [6, 6.07) is 14.7. The van der Waals surface area contributed by atoms with Gasteiger partial charge in [0.1, 0.15) is 5.82 Å². The Morgan fingerprint density at radius 2 is 2.17 bits per heavy atom. The summed E-state index contributed by atoms with van der Waals surface area (Å²) in [7, 11) is 0. The minimum atomic E-state index is 0.558. The summed E-state index contributed by atoms with van der Waals surface area (Å²) in [5, 5.41) is 21.0. The molecule has 1 aromatic carbocycles. The Balaban J connectivity index is 1.52. The van der Waals surface area contributed by atoms with E-state index in [9.17, 15) is 0 Å². The van der Waals surface area contributed by atoms with Gasteiger partial charge in [-0.15, -0.1) is 21.5 Å². The van der Waals surface area contributed by atoms with Gasteiger partial charge in [0.2, 0.25) is 0 Å². The third kappa shape index (κ3) is 3.37. The van der Waals surface area contributed by atoms with Gasteiger partial charge in [-0.3, -0.25) is 0 Å². The molecule has 120 valence electrons. The lowest BCUT2D eigenvalue weighted by atomic mass is 10.2. The van der Waals surface area contributed by atoms with Crippen LogP contribution in [0.1, 0.15) is 40.7 Å². The van der Waals surface area contributed by atoms with E-state index in [1.54, 1.807) is 23.1 Å². The molecule has 1 aliphatic carbocycles. The maximum absolute atomic E-state index is 9.02. The Kier molecular flexibility index (Phi) is 4.37. The molecule has 0 N–H and O–H groups in total. The molecule has 0 saturated heterocycles. The molecular weight excluding hydrogens is 336 g/mol.